The fourth-order valence-electron chi connectivity index (χ4n) is 4.26. The molecule has 1 atom stereocenters. The number of fused-ring (bicyclic) bond motifs is 1. The van der Waals surface area contributed by atoms with Crippen LogP contribution in [0.3, 0.4) is 0 Å². The monoisotopic (exact) mass is 364 g/mol. The molecule has 4 heteroatoms. The van der Waals surface area contributed by atoms with Gasteiger partial charge in [-0.05, 0) is 55.6 Å². The van der Waals surface area contributed by atoms with Crippen LogP contribution in [0.2, 0.25) is 0 Å². The summed E-state index contributed by atoms with van der Waals surface area (Å²) in [4.78, 5) is 7.09. The Morgan fingerprint density at radius 3 is 2.74 bits per heavy atom. The van der Waals surface area contributed by atoms with Gasteiger partial charge in [-0.3, -0.25) is 9.88 Å². The highest BCUT2D eigenvalue weighted by Gasteiger charge is 2.35. The largest absolute Gasteiger partial charge is 0.396 e. The number of likely N-dealkylation sites (tertiary alicyclic amines) is 1. The number of nitrogens with zero attached hydrogens (tertiary/aromatic N) is 2. The van der Waals surface area contributed by atoms with Gasteiger partial charge in [0.25, 0.3) is 0 Å². The van der Waals surface area contributed by atoms with Gasteiger partial charge in [-0.1, -0.05) is 36.4 Å². The number of benzene rings is 2. The molecule has 0 amide bonds. The molecule has 1 saturated heterocycles. The predicted molar refractivity (Wildman–Crippen MR) is 106 cm³/mol. The lowest BCUT2D eigenvalue weighted by Crippen LogP contribution is -2.46. The van der Waals surface area contributed by atoms with Crippen LogP contribution in [-0.4, -0.2) is 34.7 Å². The second-order valence-electron chi connectivity index (χ2n) is 7.77. The molecule has 0 radical (unpaired) electrons. The Morgan fingerprint density at radius 2 is 1.93 bits per heavy atom. The van der Waals surface area contributed by atoms with Crippen molar-refractivity contribution >= 4 is 10.9 Å². The standard InChI is InChI=1S/C23H25FN2O/c24-20-8-10-22-19(13-20)7-9-21(25-22)15-26-12-4-11-23(16-26,17-27)14-18-5-2-1-3-6-18/h1-3,5-10,13,27H,4,11-12,14-17H2. The van der Waals surface area contributed by atoms with Gasteiger partial charge in [0, 0.05) is 23.9 Å². The number of pyridine rings is 1. The number of hydrogen-bond acceptors (Lipinski definition) is 3. The van der Waals surface area contributed by atoms with Gasteiger partial charge >= 0.3 is 0 Å². The van der Waals surface area contributed by atoms with Crippen LogP contribution in [-0.2, 0) is 13.0 Å². The lowest BCUT2D eigenvalue weighted by atomic mass is 9.75. The number of rotatable bonds is 5. The van der Waals surface area contributed by atoms with E-state index in [1.54, 1.807) is 6.07 Å². The number of aliphatic hydroxyl groups is 1. The third-order valence-corrected chi connectivity index (χ3v) is 5.59. The molecule has 1 aliphatic heterocycles. The van der Waals surface area contributed by atoms with Crippen molar-refractivity contribution in [2.24, 2.45) is 5.41 Å². The Morgan fingerprint density at radius 1 is 1.07 bits per heavy atom. The molecule has 0 saturated carbocycles. The molecule has 3 nitrogen and oxygen atoms in total. The minimum atomic E-state index is -0.235. The third kappa shape index (κ3) is 4.18. The summed E-state index contributed by atoms with van der Waals surface area (Å²) in [7, 11) is 0. The maximum absolute atomic E-state index is 13.4. The van der Waals surface area contributed by atoms with E-state index in [1.165, 1.54) is 17.7 Å². The van der Waals surface area contributed by atoms with Gasteiger partial charge < -0.3 is 5.11 Å². The van der Waals surface area contributed by atoms with Gasteiger partial charge in [-0.2, -0.15) is 0 Å². The molecule has 140 valence electrons. The fraction of sp³-hybridized carbons (Fsp3) is 0.348. The highest BCUT2D eigenvalue weighted by molar-refractivity contribution is 5.78. The van der Waals surface area contributed by atoms with E-state index >= 15 is 0 Å². The number of aromatic nitrogens is 1. The smallest absolute Gasteiger partial charge is 0.123 e. The second-order valence-corrected chi connectivity index (χ2v) is 7.77. The van der Waals surface area contributed by atoms with Crippen molar-refractivity contribution in [1.29, 1.82) is 0 Å². The Balaban J connectivity index is 1.49. The first kappa shape index (κ1) is 18.1. The molecule has 4 rings (SSSR count). The topological polar surface area (TPSA) is 36.4 Å². The number of piperidine rings is 1. The molecule has 2 heterocycles. The van der Waals surface area contributed by atoms with Crippen LogP contribution in [0.4, 0.5) is 4.39 Å². The summed E-state index contributed by atoms with van der Waals surface area (Å²) in [6.07, 6.45) is 3.01. The summed E-state index contributed by atoms with van der Waals surface area (Å²) in [5.74, 6) is -0.235. The van der Waals surface area contributed by atoms with Gasteiger partial charge in [0.2, 0.25) is 0 Å². The highest BCUT2D eigenvalue weighted by atomic mass is 19.1. The zero-order chi connectivity index (χ0) is 18.7. The van der Waals surface area contributed by atoms with Gasteiger partial charge in [-0.25, -0.2) is 4.39 Å². The molecule has 1 N–H and O–H groups in total. The zero-order valence-electron chi connectivity index (χ0n) is 15.4. The van der Waals surface area contributed by atoms with Crippen molar-refractivity contribution in [2.45, 2.75) is 25.8 Å². The fourth-order valence-corrected chi connectivity index (χ4v) is 4.26. The summed E-state index contributed by atoms with van der Waals surface area (Å²) >= 11 is 0. The average Bonchev–Trinajstić information content (AvgIpc) is 2.69. The van der Waals surface area contributed by atoms with Crippen molar-refractivity contribution in [3.63, 3.8) is 0 Å². The summed E-state index contributed by atoms with van der Waals surface area (Å²) in [6, 6.07) is 19.0. The normalized spacial score (nSPS) is 20.8. The molecule has 0 spiro atoms. The summed E-state index contributed by atoms with van der Waals surface area (Å²) < 4.78 is 13.4. The molecule has 1 aromatic heterocycles. The van der Waals surface area contributed by atoms with E-state index in [9.17, 15) is 9.50 Å². The van der Waals surface area contributed by atoms with Crippen molar-refractivity contribution < 1.29 is 9.50 Å². The molecular weight excluding hydrogens is 339 g/mol. The lowest BCUT2D eigenvalue weighted by Gasteiger charge is -2.42. The second kappa shape index (κ2) is 7.75. The molecule has 0 aliphatic carbocycles. The maximum Gasteiger partial charge on any atom is 0.123 e. The summed E-state index contributed by atoms with van der Waals surface area (Å²) in [5.41, 5.74) is 2.99. The average molecular weight is 364 g/mol. The van der Waals surface area contributed by atoms with Gasteiger partial charge in [0.05, 0.1) is 17.8 Å². The van der Waals surface area contributed by atoms with Crippen molar-refractivity contribution in [3.8, 4) is 0 Å². The Labute approximate surface area is 159 Å². The van der Waals surface area contributed by atoms with E-state index < -0.39 is 0 Å². The highest BCUT2D eigenvalue weighted by Crippen LogP contribution is 2.34. The SMILES string of the molecule is OCC1(Cc2ccccc2)CCCN(Cc2ccc3cc(F)ccc3n2)C1. The molecule has 3 aromatic rings. The summed E-state index contributed by atoms with van der Waals surface area (Å²) in [5, 5.41) is 11.0. The predicted octanol–water partition coefficient (Wildman–Crippen LogP) is 4.19. The molecule has 1 unspecified atom stereocenters. The molecular formula is C23H25FN2O. The van der Waals surface area contributed by atoms with Gasteiger partial charge in [0.15, 0.2) is 0 Å². The minimum absolute atomic E-state index is 0.0976. The quantitative estimate of drug-likeness (QED) is 0.737. The maximum atomic E-state index is 13.4. The van der Waals surface area contributed by atoms with Crippen LogP contribution in [0.1, 0.15) is 24.1 Å². The Kier molecular flexibility index (Phi) is 5.19. The van der Waals surface area contributed by atoms with Crippen LogP contribution >= 0.6 is 0 Å². The molecule has 0 bridgehead atoms. The number of hydrogen-bond donors (Lipinski definition) is 1. The zero-order valence-corrected chi connectivity index (χ0v) is 15.4. The number of halogens is 1. The van der Waals surface area contributed by atoms with Gasteiger partial charge in [0.1, 0.15) is 5.82 Å². The van der Waals surface area contributed by atoms with E-state index in [2.05, 4.69) is 29.2 Å². The Hall–Kier alpha value is -2.30. The van der Waals surface area contributed by atoms with E-state index in [1.807, 2.05) is 18.2 Å². The molecule has 1 fully saturated rings. The summed E-state index contributed by atoms with van der Waals surface area (Å²) in [6.45, 7) is 2.83. The van der Waals surface area contributed by atoms with Crippen LogP contribution < -0.4 is 0 Å². The van der Waals surface area contributed by atoms with E-state index in [0.29, 0.717) is 0 Å². The van der Waals surface area contributed by atoms with E-state index in [4.69, 9.17) is 4.98 Å². The van der Waals surface area contributed by atoms with E-state index in [-0.39, 0.29) is 17.8 Å². The third-order valence-electron chi connectivity index (χ3n) is 5.59. The van der Waals surface area contributed by atoms with Crippen LogP contribution in [0.25, 0.3) is 10.9 Å². The first-order valence-electron chi connectivity index (χ1n) is 9.58. The van der Waals surface area contributed by atoms with Crippen LogP contribution in [0.15, 0.2) is 60.7 Å². The van der Waals surface area contributed by atoms with Crippen molar-refractivity contribution in [1.82, 2.24) is 9.88 Å². The van der Waals surface area contributed by atoms with Crippen molar-refractivity contribution in [3.05, 3.63) is 77.7 Å². The lowest BCUT2D eigenvalue weighted by molar-refractivity contribution is 0.0284. The molecule has 1 aliphatic rings. The minimum Gasteiger partial charge on any atom is -0.396 e. The molecule has 2 aromatic carbocycles. The first-order valence-corrected chi connectivity index (χ1v) is 9.58. The Bertz CT molecular complexity index is 915. The van der Waals surface area contributed by atoms with E-state index in [0.717, 1.165) is 55.5 Å². The van der Waals surface area contributed by atoms with Crippen LogP contribution in [0, 0.1) is 11.2 Å². The van der Waals surface area contributed by atoms with Crippen molar-refractivity contribution in [2.75, 3.05) is 19.7 Å². The van der Waals surface area contributed by atoms with Gasteiger partial charge in [-0.15, -0.1) is 0 Å². The van der Waals surface area contributed by atoms with Crippen LogP contribution in [0.5, 0.6) is 0 Å². The first-order chi connectivity index (χ1) is 13.2. The molecule has 27 heavy (non-hydrogen) atoms. The number of aliphatic hydroxyl groups excluding tert-OH is 1.